The molecule has 1 aliphatic carbocycles. The van der Waals surface area contributed by atoms with Crippen molar-refractivity contribution in [2.75, 3.05) is 20.3 Å². The van der Waals surface area contributed by atoms with Crippen LogP contribution in [0.4, 0.5) is 0 Å². The number of methoxy groups -OCH3 is 1. The predicted octanol–water partition coefficient (Wildman–Crippen LogP) is 2.25. The van der Waals surface area contributed by atoms with Crippen LogP contribution in [0.25, 0.3) is 0 Å². The number of esters is 1. The summed E-state index contributed by atoms with van der Waals surface area (Å²) in [5.74, 6) is -0.233. The molecule has 4 heteroatoms. The molecule has 1 fully saturated rings. The van der Waals surface area contributed by atoms with Crippen molar-refractivity contribution in [3.05, 3.63) is 0 Å². The summed E-state index contributed by atoms with van der Waals surface area (Å²) in [4.78, 5) is 11.6. The van der Waals surface area contributed by atoms with Gasteiger partial charge in [0.15, 0.2) is 0 Å². The second-order valence-electron chi connectivity index (χ2n) is 5.97. The molecule has 4 nitrogen and oxygen atoms in total. The quantitative estimate of drug-likeness (QED) is 0.606. The number of hydrogen-bond donors (Lipinski definition) is 1. The van der Waals surface area contributed by atoms with Gasteiger partial charge in [0, 0.05) is 6.54 Å². The van der Waals surface area contributed by atoms with E-state index in [1.54, 1.807) is 0 Å². The Kier molecular flexibility index (Phi) is 5.60. The molecular weight excluding hydrogens is 230 g/mol. The molecule has 0 amide bonds. The van der Waals surface area contributed by atoms with E-state index in [1.165, 1.54) is 20.0 Å². The zero-order valence-corrected chi connectivity index (χ0v) is 12.0. The molecule has 0 spiro atoms. The molecule has 0 radical (unpaired) electrons. The molecular formula is C14H27NO3. The number of ether oxygens (including phenoxy) is 2. The second-order valence-corrected chi connectivity index (χ2v) is 5.97. The van der Waals surface area contributed by atoms with E-state index >= 15 is 0 Å². The minimum absolute atomic E-state index is 0.233. The molecule has 1 rings (SSSR count). The topological polar surface area (TPSA) is 61.5 Å². The van der Waals surface area contributed by atoms with Crippen molar-refractivity contribution >= 4 is 5.97 Å². The van der Waals surface area contributed by atoms with Gasteiger partial charge in [-0.3, -0.25) is 4.79 Å². The van der Waals surface area contributed by atoms with E-state index in [9.17, 15) is 4.79 Å². The van der Waals surface area contributed by atoms with Gasteiger partial charge in [-0.2, -0.15) is 0 Å². The van der Waals surface area contributed by atoms with Gasteiger partial charge in [0.25, 0.3) is 0 Å². The molecule has 0 bridgehead atoms. The molecule has 0 heterocycles. The first-order valence-electron chi connectivity index (χ1n) is 6.88. The SMILES string of the molecule is COC(=O)C(C)(C)COC1(CN)CCCCCC1. The first-order chi connectivity index (χ1) is 8.46. The summed E-state index contributed by atoms with van der Waals surface area (Å²) in [7, 11) is 1.41. The van der Waals surface area contributed by atoms with Gasteiger partial charge in [0.1, 0.15) is 0 Å². The van der Waals surface area contributed by atoms with Gasteiger partial charge < -0.3 is 15.2 Å². The van der Waals surface area contributed by atoms with Crippen LogP contribution in [0.1, 0.15) is 52.4 Å². The summed E-state index contributed by atoms with van der Waals surface area (Å²) in [6.45, 7) is 4.60. The van der Waals surface area contributed by atoms with Crippen molar-refractivity contribution in [2.45, 2.75) is 58.0 Å². The Hall–Kier alpha value is -0.610. The van der Waals surface area contributed by atoms with Crippen LogP contribution in [-0.4, -0.2) is 31.8 Å². The van der Waals surface area contributed by atoms with Gasteiger partial charge in [0.05, 0.1) is 24.7 Å². The Balaban J connectivity index is 2.60. The minimum atomic E-state index is -0.608. The first kappa shape index (κ1) is 15.4. The highest BCUT2D eigenvalue weighted by Crippen LogP contribution is 2.31. The van der Waals surface area contributed by atoms with Crippen LogP contribution >= 0.6 is 0 Å². The van der Waals surface area contributed by atoms with Gasteiger partial charge in [-0.25, -0.2) is 0 Å². The summed E-state index contributed by atoms with van der Waals surface area (Å²) in [6, 6.07) is 0. The summed E-state index contributed by atoms with van der Waals surface area (Å²) >= 11 is 0. The molecule has 0 aromatic heterocycles. The van der Waals surface area contributed by atoms with Crippen LogP contribution in [0.15, 0.2) is 0 Å². The van der Waals surface area contributed by atoms with E-state index in [4.69, 9.17) is 15.2 Å². The molecule has 0 atom stereocenters. The minimum Gasteiger partial charge on any atom is -0.469 e. The maximum Gasteiger partial charge on any atom is 0.313 e. The summed E-state index contributed by atoms with van der Waals surface area (Å²) < 4.78 is 10.9. The largest absolute Gasteiger partial charge is 0.469 e. The van der Waals surface area contributed by atoms with Crippen LogP contribution in [0, 0.1) is 5.41 Å². The average Bonchev–Trinajstić information content (AvgIpc) is 2.61. The number of rotatable bonds is 5. The molecule has 18 heavy (non-hydrogen) atoms. The van der Waals surface area contributed by atoms with E-state index in [0.717, 1.165) is 25.7 Å². The molecule has 0 aliphatic heterocycles. The van der Waals surface area contributed by atoms with Crippen LogP contribution in [0.3, 0.4) is 0 Å². The molecule has 0 unspecified atom stereocenters. The van der Waals surface area contributed by atoms with Gasteiger partial charge in [-0.1, -0.05) is 25.7 Å². The second kappa shape index (κ2) is 6.53. The van der Waals surface area contributed by atoms with Crippen LogP contribution in [0.5, 0.6) is 0 Å². The lowest BCUT2D eigenvalue weighted by Gasteiger charge is -2.35. The smallest absolute Gasteiger partial charge is 0.313 e. The van der Waals surface area contributed by atoms with Gasteiger partial charge in [-0.15, -0.1) is 0 Å². The summed E-state index contributed by atoms with van der Waals surface area (Å²) in [6.07, 6.45) is 6.84. The normalized spacial score (nSPS) is 20.2. The number of carbonyl (C=O) groups excluding carboxylic acids is 1. The van der Waals surface area contributed by atoms with Crippen LogP contribution in [-0.2, 0) is 14.3 Å². The van der Waals surface area contributed by atoms with Gasteiger partial charge in [0.2, 0.25) is 0 Å². The third-order valence-electron chi connectivity index (χ3n) is 3.86. The van der Waals surface area contributed by atoms with E-state index in [-0.39, 0.29) is 11.6 Å². The molecule has 0 saturated heterocycles. The van der Waals surface area contributed by atoms with E-state index in [1.807, 2.05) is 13.8 Å². The van der Waals surface area contributed by atoms with Crippen LogP contribution < -0.4 is 5.73 Å². The highest BCUT2D eigenvalue weighted by molar-refractivity contribution is 5.75. The maximum absolute atomic E-state index is 11.6. The Morgan fingerprint density at radius 2 is 1.78 bits per heavy atom. The monoisotopic (exact) mass is 257 g/mol. The van der Waals surface area contributed by atoms with E-state index in [0.29, 0.717) is 13.2 Å². The Morgan fingerprint density at radius 3 is 2.22 bits per heavy atom. The standard InChI is InChI=1S/C14H27NO3/c1-13(2,12(16)17-3)11-18-14(10-15)8-6-4-5-7-9-14/h4-11,15H2,1-3H3. The predicted molar refractivity (Wildman–Crippen MR) is 71.2 cm³/mol. The fraction of sp³-hybridized carbons (Fsp3) is 0.929. The van der Waals surface area contributed by atoms with Crippen molar-refractivity contribution < 1.29 is 14.3 Å². The third-order valence-corrected chi connectivity index (χ3v) is 3.86. The fourth-order valence-electron chi connectivity index (χ4n) is 2.45. The first-order valence-corrected chi connectivity index (χ1v) is 6.88. The van der Waals surface area contributed by atoms with Crippen molar-refractivity contribution in [1.82, 2.24) is 0 Å². The molecule has 1 saturated carbocycles. The lowest BCUT2D eigenvalue weighted by molar-refractivity contribution is -0.159. The molecule has 1 aliphatic rings. The molecule has 0 aromatic rings. The lowest BCUT2D eigenvalue weighted by atomic mass is 9.91. The molecule has 106 valence electrons. The third kappa shape index (κ3) is 3.95. The Labute approximate surface area is 110 Å². The Morgan fingerprint density at radius 1 is 1.22 bits per heavy atom. The zero-order chi connectivity index (χ0) is 13.6. The molecule has 0 aromatic carbocycles. The van der Waals surface area contributed by atoms with Crippen molar-refractivity contribution in [2.24, 2.45) is 11.1 Å². The van der Waals surface area contributed by atoms with Gasteiger partial charge >= 0.3 is 5.97 Å². The van der Waals surface area contributed by atoms with Crippen molar-refractivity contribution in [3.8, 4) is 0 Å². The van der Waals surface area contributed by atoms with Crippen molar-refractivity contribution in [1.29, 1.82) is 0 Å². The maximum atomic E-state index is 11.6. The van der Waals surface area contributed by atoms with Gasteiger partial charge in [-0.05, 0) is 26.7 Å². The summed E-state index contributed by atoms with van der Waals surface area (Å²) in [5.41, 5.74) is 5.06. The Bertz CT molecular complexity index is 268. The fourth-order valence-corrected chi connectivity index (χ4v) is 2.45. The van der Waals surface area contributed by atoms with Crippen LogP contribution in [0.2, 0.25) is 0 Å². The zero-order valence-electron chi connectivity index (χ0n) is 12.0. The lowest BCUT2D eigenvalue weighted by Crippen LogP contribution is -2.44. The van der Waals surface area contributed by atoms with E-state index in [2.05, 4.69) is 0 Å². The highest BCUT2D eigenvalue weighted by atomic mass is 16.5. The molecule has 2 N–H and O–H groups in total. The summed E-state index contributed by atoms with van der Waals surface area (Å²) in [5, 5.41) is 0. The number of carbonyl (C=O) groups is 1. The average molecular weight is 257 g/mol. The highest BCUT2D eigenvalue weighted by Gasteiger charge is 2.36. The van der Waals surface area contributed by atoms with E-state index < -0.39 is 5.41 Å². The van der Waals surface area contributed by atoms with Crippen molar-refractivity contribution in [3.63, 3.8) is 0 Å². The number of hydrogen-bond acceptors (Lipinski definition) is 4. The number of nitrogens with two attached hydrogens (primary N) is 1.